The van der Waals surface area contributed by atoms with Crippen LogP contribution in [0.15, 0.2) is 16.8 Å². The summed E-state index contributed by atoms with van der Waals surface area (Å²) in [5.74, 6) is 1.84. The molecule has 0 fully saturated rings. The van der Waals surface area contributed by atoms with Crippen molar-refractivity contribution in [2.45, 2.75) is 20.4 Å². The van der Waals surface area contributed by atoms with Crippen molar-refractivity contribution in [3.8, 4) is 0 Å². The Hall–Kier alpha value is -2.11. The minimum atomic E-state index is 0.465. The molecule has 0 spiro atoms. The third-order valence-corrected chi connectivity index (χ3v) is 2.14. The van der Waals surface area contributed by atoms with E-state index in [1.165, 1.54) is 0 Å². The molecule has 0 aromatic carbocycles. The smallest absolute Gasteiger partial charge is 0.223 e. The zero-order valence-corrected chi connectivity index (χ0v) is 9.19. The average Bonchev–Trinajstić information content (AvgIpc) is 2.66. The van der Waals surface area contributed by atoms with E-state index in [2.05, 4.69) is 20.4 Å². The fraction of sp³-hybridized carbons (Fsp3) is 0.300. The van der Waals surface area contributed by atoms with Gasteiger partial charge in [-0.25, -0.2) is 4.98 Å². The Morgan fingerprint density at radius 2 is 2.25 bits per heavy atom. The van der Waals surface area contributed by atoms with Crippen LogP contribution in [-0.4, -0.2) is 15.1 Å². The number of aromatic nitrogens is 3. The van der Waals surface area contributed by atoms with Crippen LogP contribution in [0, 0.1) is 13.8 Å². The van der Waals surface area contributed by atoms with E-state index in [1.807, 2.05) is 6.92 Å². The molecule has 2 rings (SSSR count). The van der Waals surface area contributed by atoms with E-state index < -0.39 is 0 Å². The Bertz CT molecular complexity index is 494. The van der Waals surface area contributed by atoms with Gasteiger partial charge in [-0.2, -0.15) is 4.98 Å². The number of rotatable bonds is 3. The third-order valence-electron chi connectivity index (χ3n) is 2.14. The lowest BCUT2D eigenvalue weighted by molar-refractivity contribution is 0.388. The van der Waals surface area contributed by atoms with Gasteiger partial charge in [-0.3, -0.25) is 0 Å². The van der Waals surface area contributed by atoms with Crippen LogP contribution >= 0.6 is 0 Å². The molecule has 0 atom stereocenters. The second-order valence-electron chi connectivity index (χ2n) is 3.51. The first kappa shape index (κ1) is 10.4. The van der Waals surface area contributed by atoms with Crippen molar-refractivity contribution in [3.63, 3.8) is 0 Å². The maximum atomic E-state index is 5.76. The molecule has 0 amide bonds. The summed E-state index contributed by atoms with van der Waals surface area (Å²) in [6.07, 6.45) is 1.72. The Labute approximate surface area is 92.9 Å². The highest BCUT2D eigenvalue weighted by atomic mass is 16.5. The van der Waals surface area contributed by atoms with Crippen molar-refractivity contribution < 1.29 is 4.52 Å². The summed E-state index contributed by atoms with van der Waals surface area (Å²) in [4.78, 5) is 8.25. The van der Waals surface area contributed by atoms with Crippen molar-refractivity contribution in [1.29, 1.82) is 0 Å². The predicted octanol–water partition coefficient (Wildman–Crippen LogP) is 1.28. The molecule has 0 bridgehead atoms. The monoisotopic (exact) mass is 219 g/mol. The van der Waals surface area contributed by atoms with Crippen LogP contribution in [0.4, 0.5) is 11.5 Å². The minimum Gasteiger partial charge on any atom is -0.398 e. The maximum absolute atomic E-state index is 5.76. The second-order valence-corrected chi connectivity index (χ2v) is 3.51. The lowest BCUT2D eigenvalue weighted by Gasteiger charge is -2.04. The van der Waals surface area contributed by atoms with Crippen molar-refractivity contribution in [3.05, 3.63) is 29.5 Å². The molecule has 0 saturated carbocycles. The third kappa shape index (κ3) is 2.28. The number of anilines is 2. The number of nitrogens with two attached hydrogens (primary N) is 1. The quantitative estimate of drug-likeness (QED) is 0.808. The van der Waals surface area contributed by atoms with Crippen molar-refractivity contribution in [2.24, 2.45) is 0 Å². The van der Waals surface area contributed by atoms with E-state index in [4.69, 9.17) is 10.3 Å². The number of hydrogen-bond acceptors (Lipinski definition) is 6. The molecule has 84 valence electrons. The number of nitrogens with one attached hydrogen (secondary N) is 1. The molecule has 6 nitrogen and oxygen atoms in total. The highest BCUT2D eigenvalue weighted by Crippen LogP contribution is 2.13. The summed E-state index contributed by atoms with van der Waals surface area (Å²) < 4.78 is 4.85. The van der Waals surface area contributed by atoms with Gasteiger partial charge in [0.1, 0.15) is 5.82 Å². The fourth-order valence-corrected chi connectivity index (χ4v) is 1.22. The Kier molecular flexibility index (Phi) is 2.72. The molecule has 2 aromatic rings. The summed E-state index contributed by atoms with van der Waals surface area (Å²) in [5, 5.41) is 6.83. The largest absolute Gasteiger partial charge is 0.398 e. The van der Waals surface area contributed by atoms with Crippen molar-refractivity contribution >= 4 is 11.5 Å². The molecule has 0 aliphatic heterocycles. The van der Waals surface area contributed by atoms with E-state index in [1.54, 1.807) is 19.2 Å². The van der Waals surface area contributed by atoms with Crippen molar-refractivity contribution in [1.82, 2.24) is 15.1 Å². The molecule has 2 heterocycles. The van der Waals surface area contributed by atoms with Crippen LogP contribution in [0.25, 0.3) is 0 Å². The molecular weight excluding hydrogens is 206 g/mol. The van der Waals surface area contributed by atoms with Crippen LogP contribution < -0.4 is 11.1 Å². The lowest BCUT2D eigenvalue weighted by atomic mass is 10.2. The van der Waals surface area contributed by atoms with E-state index in [0.717, 1.165) is 5.56 Å². The van der Waals surface area contributed by atoms with Gasteiger partial charge in [0, 0.05) is 24.9 Å². The van der Waals surface area contributed by atoms with Gasteiger partial charge >= 0.3 is 0 Å². The van der Waals surface area contributed by atoms with E-state index in [9.17, 15) is 0 Å². The van der Waals surface area contributed by atoms with Gasteiger partial charge in [0.2, 0.25) is 5.89 Å². The summed E-state index contributed by atoms with van der Waals surface area (Å²) in [7, 11) is 0. The lowest BCUT2D eigenvalue weighted by Crippen LogP contribution is -2.04. The number of hydrogen-bond donors (Lipinski definition) is 2. The Morgan fingerprint density at radius 1 is 1.44 bits per heavy atom. The van der Waals surface area contributed by atoms with Crippen LogP contribution in [-0.2, 0) is 6.54 Å². The van der Waals surface area contributed by atoms with Gasteiger partial charge in [-0.1, -0.05) is 5.16 Å². The summed E-state index contributed by atoms with van der Waals surface area (Å²) in [6, 6.07) is 1.78. The van der Waals surface area contributed by atoms with Crippen LogP contribution in [0.5, 0.6) is 0 Å². The van der Waals surface area contributed by atoms with Gasteiger partial charge in [0.25, 0.3) is 0 Å². The van der Waals surface area contributed by atoms with E-state index in [0.29, 0.717) is 29.8 Å². The van der Waals surface area contributed by atoms with Crippen LogP contribution in [0.3, 0.4) is 0 Å². The number of nitrogens with zero attached hydrogens (tertiary/aromatic N) is 3. The summed E-state index contributed by atoms with van der Waals surface area (Å²) >= 11 is 0. The second kappa shape index (κ2) is 4.18. The Morgan fingerprint density at radius 3 is 2.88 bits per heavy atom. The topological polar surface area (TPSA) is 89.9 Å². The molecule has 0 unspecified atom stereocenters. The molecule has 0 aliphatic carbocycles. The molecule has 2 aromatic heterocycles. The maximum Gasteiger partial charge on any atom is 0.223 e. The van der Waals surface area contributed by atoms with E-state index >= 15 is 0 Å². The highest BCUT2D eigenvalue weighted by molar-refractivity contribution is 5.53. The first-order valence-corrected chi connectivity index (χ1v) is 4.90. The zero-order valence-electron chi connectivity index (χ0n) is 9.19. The number of aryl methyl sites for hydroxylation is 2. The molecule has 16 heavy (non-hydrogen) atoms. The van der Waals surface area contributed by atoms with Gasteiger partial charge in [-0.15, -0.1) is 0 Å². The van der Waals surface area contributed by atoms with Gasteiger partial charge in [0.05, 0.1) is 6.54 Å². The molecular formula is C10H13N5O. The molecule has 0 radical (unpaired) electrons. The minimum absolute atomic E-state index is 0.465. The van der Waals surface area contributed by atoms with Crippen LogP contribution in [0.2, 0.25) is 0 Å². The fourth-order valence-electron chi connectivity index (χ4n) is 1.22. The first-order valence-electron chi connectivity index (χ1n) is 4.90. The van der Waals surface area contributed by atoms with Crippen molar-refractivity contribution in [2.75, 3.05) is 11.1 Å². The first-order chi connectivity index (χ1) is 7.65. The number of nitrogen functional groups attached to an aromatic ring is 1. The molecule has 3 N–H and O–H groups in total. The molecule has 0 aliphatic rings. The molecule has 6 heteroatoms. The number of pyridine rings is 1. The normalized spacial score (nSPS) is 10.4. The highest BCUT2D eigenvalue weighted by Gasteiger charge is 2.03. The van der Waals surface area contributed by atoms with Crippen LogP contribution in [0.1, 0.15) is 17.3 Å². The van der Waals surface area contributed by atoms with Gasteiger partial charge in [0.15, 0.2) is 5.82 Å². The predicted molar refractivity (Wildman–Crippen MR) is 59.7 cm³/mol. The Balaban J connectivity index is 2.02. The molecule has 0 saturated heterocycles. The zero-order chi connectivity index (χ0) is 11.5. The standard InChI is InChI=1S/C10H13N5O/c1-6-4-12-9(3-8(6)11)13-5-10-14-7(2)16-15-10/h3-4H,5H2,1-2H3,(H3,11,12,13). The SMILES string of the molecule is Cc1nc(CNc2cc(N)c(C)cn2)no1. The van der Waals surface area contributed by atoms with E-state index in [-0.39, 0.29) is 0 Å². The summed E-state index contributed by atoms with van der Waals surface area (Å²) in [5.41, 5.74) is 7.43. The summed E-state index contributed by atoms with van der Waals surface area (Å²) in [6.45, 7) is 4.13. The van der Waals surface area contributed by atoms with Gasteiger partial charge < -0.3 is 15.6 Å². The van der Waals surface area contributed by atoms with Gasteiger partial charge in [-0.05, 0) is 12.5 Å². The average molecular weight is 219 g/mol.